The number of hydrogen-bond donors (Lipinski definition) is 2. The summed E-state index contributed by atoms with van der Waals surface area (Å²) in [5.74, 6) is -0.533. The molecule has 0 aromatic heterocycles. The summed E-state index contributed by atoms with van der Waals surface area (Å²) in [6.07, 6.45) is 0.607. The standard InChI is InChI=1S/C15H21FN2O2/c1-11(2)15(20)18-10-9-17-14(19)8-7-12-5-3-4-6-13(12)16/h3-6,11H,7-10H2,1-2H3,(H,17,19)(H,18,20). The first kappa shape index (κ1) is 16.1. The van der Waals surface area contributed by atoms with E-state index in [-0.39, 0.29) is 30.0 Å². The van der Waals surface area contributed by atoms with Crippen LogP contribution in [0, 0.1) is 11.7 Å². The lowest BCUT2D eigenvalue weighted by Gasteiger charge is -2.09. The molecule has 0 saturated heterocycles. The summed E-state index contributed by atoms with van der Waals surface area (Å²) in [4.78, 5) is 22.8. The molecule has 5 heteroatoms. The normalized spacial score (nSPS) is 10.4. The largest absolute Gasteiger partial charge is 0.354 e. The van der Waals surface area contributed by atoms with Crippen LogP contribution in [0.3, 0.4) is 0 Å². The summed E-state index contributed by atoms with van der Waals surface area (Å²) in [5, 5.41) is 5.40. The predicted molar refractivity (Wildman–Crippen MR) is 75.6 cm³/mol. The smallest absolute Gasteiger partial charge is 0.222 e. The van der Waals surface area contributed by atoms with Crippen molar-refractivity contribution >= 4 is 11.8 Å². The number of amides is 2. The van der Waals surface area contributed by atoms with E-state index in [0.29, 0.717) is 25.1 Å². The SMILES string of the molecule is CC(C)C(=O)NCCNC(=O)CCc1ccccc1F. The fourth-order valence-electron chi connectivity index (χ4n) is 1.63. The predicted octanol–water partition coefficient (Wildman–Crippen LogP) is 1.65. The second-order valence-electron chi connectivity index (χ2n) is 4.89. The molecule has 0 aliphatic heterocycles. The van der Waals surface area contributed by atoms with Gasteiger partial charge in [0.15, 0.2) is 0 Å². The first-order chi connectivity index (χ1) is 9.50. The van der Waals surface area contributed by atoms with E-state index in [1.807, 2.05) is 13.8 Å². The Morgan fingerprint density at radius 1 is 1.15 bits per heavy atom. The van der Waals surface area contributed by atoms with Crippen molar-refractivity contribution in [3.63, 3.8) is 0 Å². The lowest BCUT2D eigenvalue weighted by atomic mass is 10.1. The molecule has 4 nitrogen and oxygen atoms in total. The summed E-state index contributed by atoms with van der Waals surface area (Å²) in [5.41, 5.74) is 0.538. The van der Waals surface area contributed by atoms with Crippen LogP contribution in [-0.2, 0) is 16.0 Å². The van der Waals surface area contributed by atoms with Crippen LogP contribution in [0.1, 0.15) is 25.8 Å². The Labute approximate surface area is 118 Å². The van der Waals surface area contributed by atoms with Crippen LogP contribution in [0.2, 0.25) is 0 Å². The minimum Gasteiger partial charge on any atom is -0.354 e. The molecule has 1 aromatic carbocycles. The Kier molecular flexibility index (Phi) is 6.70. The molecule has 0 saturated carbocycles. The third-order valence-corrected chi connectivity index (χ3v) is 2.85. The van der Waals surface area contributed by atoms with Gasteiger partial charge in [0.25, 0.3) is 0 Å². The minimum absolute atomic E-state index is 0.0365. The van der Waals surface area contributed by atoms with Gasteiger partial charge in [-0.15, -0.1) is 0 Å². The van der Waals surface area contributed by atoms with Gasteiger partial charge in [0.1, 0.15) is 5.82 Å². The highest BCUT2D eigenvalue weighted by atomic mass is 19.1. The summed E-state index contributed by atoms with van der Waals surface area (Å²) in [6, 6.07) is 6.42. The maximum absolute atomic E-state index is 13.3. The van der Waals surface area contributed by atoms with Crippen LogP contribution in [0.25, 0.3) is 0 Å². The molecule has 2 amide bonds. The average molecular weight is 280 g/mol. The molecular weight excluding hydrogens is 259 g/mol. The second kappa shape index (κ2) is 8.30. The quantitative estimate of drug-likeness (QED) is 0.746. The van der Waals surface area contributed by atoms with Gasteiger partial charge in [0.2, 0.25) is 11.8 Å². The van der Waals surface area contributed by atoms with E-state index in [1.54, 1.807) is 18.2 Å². The van der Waals surface area contributed by atoms with E-state index in [4.69, 9.17) is 0 Å². The van der Waals surface area contributed by atoms with Gasteiger partial charge in [-0.25, -0.2) is 4.39 Å². The van der Waals surface area contributed by atoms with Crippen LogP contribution in [0.4, 0.5) is 4.39 Å². The van der Waals surface area contributed by atoms with Crippen LogP contribution in [0.5, 0.6) is 0 Å². The first-order valence-electron chi connectivity index (χ1n) is 6.78. The van der Waals surface area contributed by atoms with Gasteiger partial charge in [0.05, 0.1) is 0 Å². The van der Waals surface area contributed by atoms with Gasteiger partial charge >= 0.3 is 0 Å². The van der Waals surface area contributed by atoms with Crippen molar-refractivity contribution in [3.8, 4) is 0 Å². The summed E-state index contributed by atoms with van der Waals surface area (Å²) < 4.78 is 13.3. The van der Waals surface area contributed by atoms with Crippen molar-refractivity contribution < 1.29 is 14.0 Å². The zero-order valence-electron chi connectivity index (χ0n) is 11.9. The van der Waals surface area contributed by atoms with Crippen molar-refractivity contribution in [2.24, 2.45) is 5.92 Å². The lowest BCUT2D eigenvalue weighted by Crippen LogP contribution is -2.36. The van der Waals surface area contributed by atoms with E-state index in [0.717, 1.165) is 0 Å². The summed E-state index contributed by atoms with van der Waals surface area (Å²) in [7, 11) is 0. The number of aryl methyl sites for hydroxylation is 1. The first-order valence-corrected chi connectivity index (χ1v) is 6.78. The molecule has 0 aliphatic carbocycles. The lowest BCUT2D eigenvalue weighted by molar-refractivity contribution is -0.124. The Morgan fingerprint density at radius 2 is 1.80 bits per heavy atom. The van der Waals surface area contributed by atoms with Crippen molar-refractivity contribution in [1.29, 1.82) is 0 Å². The van der Waals surface area contributed by atoms with Crippen molar-refractivity contribution in [2.75, 3.05) is 13.1 Å². The van der Waals surface area contributed by atoms with Gasteiger partial charge in [-0.3, -0.25) is 9.59 Å². The molecule has 110 valence electrons. The molecule has 0 heterocycles. The molecule has 20 heavy (non-hydrogen) atoms. The number of carbonyl (C=O) groups excluding carboxylic acids is 2. The molecule has 0 radical (unpaired) electrons. The van der Waals surface area contributed by atoms with E-state index >= 15 is 0 Å². The van der Waals surface area contributed by atoms with Gasteiger partial charge < -0.3 is 10.6 Å². The maximum atomic E-state index is 13.3. The molecule has 0 bridgehead atoms. The molecular formula is C15H21FN2O2. The molecule has 1 rings (SSSR count). The van der Waals surface area contributed by atoms with Crippen molar-refractivity contribution in [3.05, 3.63) is 35.6 Å². The fourth-order valence-corrected chi connectivity index (χ4v) is 1.63. The highest BCUT2D eigenvalue weighted by Gasteiger charge is 2.07. The maximum Gasteiger partial charge on any atom is 0.222 e. The number of carbonyl (C=O) groups is 2. The number of nitrogens with one attached hydrogen (secondary N) is 2. The number of rotatable bonds is 7. The third kappa shape index (κ3) is 5.82. The monoisotopic (exact) mass is 280 g/mol. The molecule has 2 N–H and O–H groups in total. The molecule has 0 fully saturated rings. The Hall–Kier alpha value is -1.91. The highest BCUT2D eigenvalue weighted by molar-refractivity contribution is 5.78. The average Bonchev–Trinajstić information content (AvgIpc) is 2.42. The topological polar surface area (TPSA) is 58.2 Å². The highest BCUT2D eigenvalue weighted by Crippen LogP contribution is 2.08. The van der Waals surface area contributed by atoms with Crippen molar-refractivity contribution in [1.82, 2.24) is 10.6 Å². The molecule has 1 aromatic rings. The van der Waals surface area contributed by atoms with Crippen LogP contribution in [0.15, 0.2) is 24.3 Å². The van der Waals surface area contributed by atoms with Crippen LogP contribution >= 0.6 is 0 Å². The Bertz CT molecular complexity index is 461. The summed E-state index contributed by atoms with van der Waals surface area (Å²) >= 11 is 0. The zero-order valence-corrected chi connectivity index (χ0v) is 11.9. The number of benzene rings is 1. The van der Waals surface area contributed by atoms with Gasteiger partial charge in [-0.2, -0.15) is 0 Å². The van der Waals surface area contributed by atoms with E-state index in [9.17, 15) is 14.0 Å². The minimum atomic E-state index is -0.288. The zero-order chi connectivity index (χ0) is 15.0. The summed E-state index contributed by atoms with van der Waals surface area (Å²) in [6.45, 7) is 4.40. The number of hydrogen-bond acceptors (Lipinski definition) is 2. The fraction of sp³-hybridized carbons (Fsp3) is 0.467. The second-order valence-corrected chi connectivity index (χ2v) is 4.89. The molecule has 0 spiro atoms. The Balaban J connectivity index is 2.18. The number of halogens is 1. The van der Waals surface area contributed by atoms with Gasteiger partial charge in [-0.1, -0.05) is 32.0 Å². The van der Waals surface area contributed by atoms with E-state index in [1.165, 1.54) is 6.07 Å². The molecule has 0 unspecified atom stereocenters. The Morgan fingerprint density at radius 3 is 2.45 bits per heavy atom. The van der Waals surface area contributed by atoms with E-state index in [2.05, 4.69) is 10.6 Å². The van der Waals surface area contributed by atoms with Gasteiger partial charge in [0, 0.05) is 25.4 Å². The van der Waals surface area contributed by atoms with Crippen molar-refractivity contribution in [2.45, 2.75) is 26.7 Å². The van der Waals surface area contributed by atoms with Gasteiger partial charge in [-0.05, 0) is 18.1 Å². The van der Waals surface area contributed by atoms with E-state index < -0.39 is 0 Å². The van der Waals surface area contributed by atoms with Crippen LogP contribution in [-0.4, -0.2) is 24.9 Å². The molecule has 0 atom stereocenters. The molecule has 0 aliphatic rings. The van der Waals surface area contributed by atoms with Crippen LogP contribution < -0.4 is 10.6 Å². The third-order valence-electron chi connectivity index (χ3n) is 2.85.